The predicted molar refractivity (Wildman–Crippen MR) is 100 cm³/mol. The van der Waals surface area contributed by atoms with Crippen molar-refractivity contribution in [2.24, 2.45) is 10.7 Å². The number of nitrogens with one attached hydrogen (secondary N) is 1. The maximum Gasteiger partial charge on any atom is 0.275 e. The number of benzene rings is 1. The van der Waals surface area contributed by atoms with E-state index < -0.39 is 37.8 Å². The zero-order chi connectivity index (χ0) is 22.8. The Morgan fingerprint density at radius 3 is 2.52 bits per heavy atom. The van der Waals surface area contributed by atoms with Crippen LogP contribution in [0.2, 0.25) is 0 Å². The molecule has 13 heteroatoms. The summed E-state index contributed by atoms with van der Waals surface area (Å²) in [6, 6.07) is 3.69. The third-order valence-electron chi connectivity index (χ3n) is 3.47. The van der Waals surface area contributed by atoms with Crippen LogP contribution >= 0.6 is 0 Å². The largest absolute Gasteiger partial charge is 0.470 e. The van der Waals surface area contributed by atoms with E-state index in [1.54, 1.807) is 0 Å². The molecule has 8 nitrogen and oxygen atoms in total. The number of amides is 1. The van der Waals surface area contributed by atoms with Crippen molar-refractivity contribution in [3.63, 3.8) is 0 Å². The van der Waals surface area contributed by atoms with Crippen molar-refractivity contribution in [2.75, 3.05) is 25.1 Å². The topological polar surface area (TPSA) is 112 Å². The SMILES string of the molecule is N/C(COCC(F)F)=N/Cc1cc(NC(=O)c2cnc(OCC(F)F)cn2)ccc1F. The molecule has 0 aliphatic heterocycles. The number of anilines is 1. The minimum atomic E-state index is -2.68. The fourth-order valence-corrected chi connectivity index (χ4v) is 2.11. The van der Waals surface area contributed by atoms with Gasteiger partial charge in [0.1, 0.15) is 30.6 Å². The summed E-state index contributed by atoms with van der Waals surface area (Å²) in [5, 5.41) is 2.47. The van der Waals surface area contributed by atoms with Gasteiger partial charge in [-0.25, -0.2) is 31.9 Å². The highest BCUT2D eigenvalue weighted by atomic mass is 19.3. The van der Waals surface area contributed by atoms with Gasteiger partial charge in [0.2, 0.25) is 5.88 Å². The van der Waals surface area contributed by atoms with Crippen LogP contribution in [-0.2, 0) is 11.3 Å². The summed E-state index contributed by atoms with van der Waals surface area (Å²) in [6.07, 6.45) is -3.27. The number of carbonyl (C=O) groups is 1. The lowest BCUT2D eigenvalue weighted by Crippen LogP contribution is -2.21. The average molecular weight is 447 g/mol. The highest BCUT2D eigenvalue weighted by Crippen LogP contribution is 2.17. The molecule has 0 fully saturated rings. The molecule has 0 saturated heterocycles. The van der Waals surface area contributed by atoms with E-state index >= 15 is 0 Å². The van der Waals surface area contributed by atoms with Crippen LogP contribution in [-0.4, -0.2) is 54.4 Å². The van der Waals surface area contributed by atoms with Crippen LogP contribution in [0, 0.1) is 5.82 Å². The highest BCUT2D eigenvalue weighted by Gasteiger charge is 2.12. The van der Waals surface area contributed by atoms with E-state index in [1.807, 2.05) is 0 Å². The average Bonchev–Trinajstić information content (AvgIpc) is 2.72. The number of hydrogen-bond donors (Lipinski definition) is 2. The van der Waals surface area contributed by atoms with E-state index in [0.29, 0.717) is 0 Å². The summed E-state index contributed by atoms with van der Waals surface area (Å²) < 4.78 is 71.5. The zero-order valence-corrected chi connectivity index (χ0v) is 15.9. The van der Waals surface area contributed by atoms with Gasteiger partial charge in [-0.2, -0.15) is 0 Å². The first-order chi connectivity index (χ1) is 14.7. The molecule has 0 bridgehead atoms. The Kier molecular flexibility index (Phi) is 9.06. The van der Waals surface area contributed by atoms with Crippen molar-refractivity contribution in [1.82, 2.24) is 9.97 Å². The number of carbonyl (C=O) groups excluding carboxylic acids is 1. The van der Waals surface area contributed by atoms with E-state index in [9.17, 15) is 26.7 Å². The van der Waals surface area contributed by atoms with Crippen molar-refractivity contribution >= 4 is 17.4 Å². The van der Waals surface area contributed by atoms with Crippen molar-refractivity contribution < 1.29 is 36.2 Å². The molecule has 0 radical (unpaired) electrons. The molecule has 3 N–H and O–H groups in total. The summed E-state index contributed by atoms with van der Waals surface area (Å²) in [7, 11) is 0. The quantitative estimate of drug-likeness (QED) is 0.311. The maximum absolute atomic E-state index is 14.0. The molecular formula is C18H18F5N5O3. The molecular weight excluding hydrogens is 429 g/mol. The number of ether oxygens (including phenoxy) is 2. The Bertz CT molecular complexity index is 897. The van der Waals surface area contributed by atoms with Gasteiger partial charge in [0.25, 0.3) is 18.8 Å². The molecule has 0 atom stereocenters. The van der Waals surface area contributed by atoms with Crippen LogP contribution in [0.1, 0.15) is 16.1 Å². The summed E-state index contributed by atoms with van der Waals surface area (Å²) >= 11 is 0. The normalized spacial score (nSPS) is 11.8. The van der Waals surface area contributed by atoms with Gasteiger partial charge in [-0.15, -0.1) is 0 Å². The zero-order valence-electron chi connectivity index (χ0n) is 15.9. The number of halogens is 5. The number of aromatic nitrogens is 2. The second-order valence-corrected chi connectivity index (χ2v) is 5.92. The fraction of sp³-hybridized carbons (Fsp3) is 0.333. The number of amidine groups is 1. The lowest BCUT2D eigenvalue weighted by molar-refractivity contribution is 0.0321. The first-order valence-electron chi connectivity index (χ1n) is 8.72. The predicted octanol–water partition coefficient (Wildman–Crippen LogP) is 2.65. The van der Waals surface area contributed by atoms with Gasteiger partial charge in [-0.05, 0) is 18.2 Å². The van der Waals surface area contributed by atoms with Crippen LogP contribution in [0.5, 0.6) is 5.88 Å². The standard InChI is InChI=1S/C18H18F5N5O3/c19-12-2-1-11(3-10(12)4-26-16(24)9-30-7-14(20)21)28-18(29)13-5-27-17(6-25-13)31-8-15(22)23/h1-3,5-6,14-15H,4,7-9H2,(H2,24,26)(H,28,29). The van der Waals surface area contributed by atoms with E-state index in [0.717, 1.165) is 18.5 Å². The Hall–Kier alpha value is -3.35. The highest BCUT2D eigenvalue weighted by molar-refractivity contribution is 6.02. The molecule has 2 rings (SSSR count). The van der Waals surface area contributed by atoms with Gasteiger partial charge in [-0.1, -0.05) is 0 Å². The molecule has 1 aromatic carbocycles. The van der Waals surface area contributed by atoms with Gasteiger partial charge in [0, 0.05) is 11.3 Å². The Morgan fingerprint density at radius 2 is 1.87 bits per heavy atom. The fourth-order valence-electron chi connectivity index (χ4n) is 2.11. The molecule has 0 aliphatic carbocycles. The first-order valence-corrected chi connectivity index (χ1v) is 8.72. The third kappa shape index (κ3) is 8.50. The van der Waals surface area contributed by atoms with Crippen LogP contribution in [0.3, 0.4) is 0 Å². The lowest BCUT2D eigenvalue weighted by Gasteiger charge is -2.08. The third-order valence-corrected chi connectivity index (χ3v) is 3.47. The Labute approximate surface area is 173 Å². The number of hydrogen-bond acceptors (Lipinski definition) is 6. The molecule has 0 spiro atoms. The van der Waals surface area contributed by atoms with E-state index in [-0.39, 0.29) is 41.8 Å². The van der Waals surface area contributed by atoms with E-state index in [1.165, 1.54) is 12.1 Å². The Morgan fingerprint density at radius 1 is 1.13 bits per heavy atom. The molecule has 168 valence electrons. The van der Waals surface area contributed by atoms with E-state index in [2.05, 4.69) is 29.8 Å². The first kappa shape index (κ1) is 23.9. The molecule has 1 heterocycles. The molecule has 2 aromatic rings. The number of alkyl halides is 4. The maximum atomic E-state index is 14.0. The van der Waals surface area contributed by atoms with Crippen molar-refractivity contribution in [3.05, 3.63) is 47.7 Å². The molecule has 31 heavy (non-hydrogen) atoms. The minimum absolute atomic E-state index is 0.0800. The smallest absolute Gasteiger partial charge is 0.275 e. The summed E-state index contributed by atoms with van der Waals surface area (Å²) in [4.78, 5) is 23.6. The Balaban J connectivity index is 1.97. The van der Waals surface area contributed by atoms with Gasteiger partial charge in [0.05, 0.1) is 18.9 Å². The second-order valence-electron chi connectivity index (χ2n) is 5.92. The van der Waals surface area contributed by atoms with Gasteiger partial charge >= 0.3 is 0 Å². The molecule has 0 aliphatic rings. The number of nitrogens with two attached hydrogens (primary N) is 1. The number of aliphatic imine (C=N–C) groups is 1. The van der Waals surface area contributed by atoms with Gasteiger partial charge in [0.15, 0.2) is 6.61 Å². The molecule has 0 unspecified atom stereocenters. The van der Waals surface area contributed by atoms with Crippen LogP contribution in [0.15, 0.2) is 35.6 Å². The van der Waals surface area contributed by atoms with Crippen LogP contribution in [0.25, 0.3) is 0 Å². The monoisotopic (exact) mass is 447 g/mol. The minimum Gasteiger partial charge on any atom is -0.470 e. The van der Waals surface area contributed by atoms with Gasteiger partial charge in [-0.3, -0.25) is 9.79 Å². The van der Waals surface area contributed by atoms with Crippen molar-refractivity contribution in [1.29, 1.82) is 0 Å². The summed E-state index contributed by atoms with van der Waals surface area (Å²) in [5.74, 6) is -1.58. The summed E-state index contributed by atoms with van der Waals surface area (Å²) in [5.41, 5.74) is 5.68. The number of rotatable bonds is 11. The number of nitrogens with zero attached hydrogens (tertiary/aromatic N) is 3. The second kappa shape index (κ2) is 11.7. The van der Waals surface area contributed by atoms with Crippen molar-refractivity contribution in [2.45, 2.75) is 19.4 Å². The van der Waals surface area contributed by atoms with E-state index in [4.69, 9.17) is 5.73 Å². The molecule has 0 saturated carbocycles. The summed E-state index contributed by atoms with van der Waals surface area (Å²) in [6.45, 7) is -2.20. The molecule has 1 aromatic heterocycles. The van der Waals surface area contributed by atoms with Crippen LogP contribution < -0.4 is 15.8 Å². The lowest BCUT2D eigenvalue weighted by atomic mass is 10.2. The van der Waals surface area contributed by atoms with Crippen molar-refractivity contribution in [3.8, 4) is 5.88 Å². The van der Waals surface area contributed by atoms with Gasteiger partial charge < -0.3 is 20.5 Å². The van der Waals surface area contributed by atoms with Crippen LogP contribution in [0.4, 0.5) is 27.6 Å². The molecule has 1 amide bonds.